The van der Waals surface area contributed by atoms with Crippen LogP contribution in [0.3, 0.4) is 0 Å². The third-order valence-electron chi connectivity index (χ3n) is 3.94. The van der Waals surface area contributed by atoms with Gasteiger partial charge >= 0.3 is 6.03 Å². The first-order valence-electron chi connectivity index (χ1n) is 8.94. The molecule has 4 rings (SSSR count). The van der Waals surface area contributed by atoms with Gasteiger partial charge in [-0.05, 0) is 25.1 Å². The maximum Gasteiger partial charge on any atom is 0.358 e. The molecule has 4 amide bonds. The number of fused-ring (bicyclic) bond motifs is 1. The Hall–Kier alpha value is -2.66. The SMILES string of the molecule is CC1=NNC(=O)N(/N=C/c2cccnc2)C1.O=C1c2ccccc2C(=O)N1SC(Cl)(Cl)Cl. The number of amides is 4. The molecule has 32 heavy (non-hydrogen) atoms. The lowest BCUT2D eigenvalue weighted by atomic mass is 10.1. The number of carbonyl (C=O) groups excluding carboxylic acids is 3. The van der Waals surface area contributed by atoms with Crippen molar-refractivity contribution in [2.75, 3.05) is 6.54 Å². The Morgan fingerprint density at radius 3 is 2.31 bits per heavy atom. The Kier molecular flexibility index (Phi) is 7.73. The summed E-state index contributed by atoms with van der Waals surface area (Å²) < 4.78 is -0.884. The summed E-state index contributed by atoms with van der Waals surface area (Å²) >= 11 is 17.2. The Morgan fingerprint density at radius 2 is 1.75 bits per heavy atom. The first-order valence-corrected chi connectivity index (χ1v) is 10.8. The highest BCUT2D eigenvalue weighted by Gasteiger charge is 2.40. The van der Waals surface area contributed by atoms with Crippen molar-refractivity contribution in [2.24, 2.45) is 10.2 Å². The van der Waals surface area contributed by atoms with Gasteiger partial charge in [0.25, 0.3) is 14.9 Å². The molecule has 0 atom stereocenters. The van der Waals surface area contributed by atoms with Gasteiger partial charge in [-0.3, -0.25) is 14.6 Å². The Balaban J connectivity index is 0.000000181. The van der Waals surface area contributed by atoms with Gasteiger partial charge in [0.1, 0.15) is 0 Å². The van der Waals surface area contributed by atoms with Gasteiger partial charge in [0.2, 0.25) is 0 Å². The standard InChI is InChI=1S/C10H11N5O.C9H4Cl3NO2S/c1-8-7-15(10(16)14-13-8)12-6-9-3-2-4-11-5-9;10-9(11,12)16-13-7(14)5-3-1-2-4-6(5)8(13)15/h2-6H,7H2,1H3,(H,14,16);1-4H/b12-6+;. The first kappa shape index (κ1) is 24.0. The van der Waals surface area contributed by atoms with E-state index in [2.05, 4.69) is 20.6 Å². The molecule has 0 saturated heterocycles. The van der Waals surface area contributed by atoms with Crippen molar-refractivity contribution in [3.05, 3.63) is 65.5 Å². The van der Waals surface area contributed by atoms with Gasteiger partial charge in [-0.1, -0.05) is 53.0 Å². The summed E-state index contributed by atoms with van der Waals surface area (Å²) in [6.07, 6.45) is 4.94. The molecule has 2 aliphatic rings. The topological polar surface area (TPSA) is 107 Å². The van der Waals surface area contributed by atoms with E-state index in [0.29, 0.717) is 29.6 Å². The molecule has 0 saturated carbocycles. The molecule has 0 unspecified atom stereocenters. The molecule has 13 heteroatoms. The zero-order valence-corrected chi connectivity index (χ0v) is 19.5. The molecule has 0 radical (unpaired) electrons. The lowest BCUT2D eigenvalue weighted by molar-refractivity contribution is 0.0777. The number of urea groups is 1. The van der Waals surface area contributed by atoms with E-state index in [1.165, 1.54) is 5.01 Å². The Bertz CT molecular complexity index is 1060. The van der Waals surface area contributed by atoms with E-state index in [9.17, 15) is 14.4 Å². The molecule has 0 spiro atoms. The number of rotatable bonds is 3. The van der Waals surface area contributed by atoms with Crippen LogP contribution in [0.4, 0.5) is 4.79 Å². The molecule has 2 aliphatic heterocycles. The number of nitrogens with one attached hydrogen (secondary N) is 1. The third kappa shape index (κ3) is 6.19. The van der Waals surface area contributed by atoms with Crippen molar-refractivity contribution in [1.29, 1.82) is 0 Å². The molecule has 0 fully saturated rings. The average molecular weight is 514 g/mol. The highest BCUT2D eigenvalue weighted by atomic mass is 35.6. The summed E-state index contributed by atoms with van der Waals surface area (Å²) in [5.41, 5.74) is 4.67. The lowest BCUT2D eigenvalue weighted by Crippen LogP contribution is -2.42. The maximum absolute atomic E-state index is 11.8. The summed E-state index contributed by atoms with van der Waals surface area (Å²) in [5.74, 6) is -0.922. The van der Waals surface area contributed by atoms with Crippen LogP contribution in [0, 0.1) is 0 Å². The number of halogens is 3. The first-order chi connectivity index (χ1) is 15.2. The molecular formula is C19H15Cl3N6O3S. The maximum atomic E-state index is 11.8. The van der Waals surface area contributed by atoms with Gasteiger partial charge in [-0.25, -0.2) is 19.5 Å². The number of pyridine rings is 1. The average Bonchev–Trinajstić information content (AvgIpc) is 2.99. The molecule has 0 aliphatic carbocycles. The predicted octanol–water partition coefficient (Wildman–Crippen LogP) is 4.08. The second kappa shape index (κ2) is 10.3. The minimum absolute atomic E-state index is 0.328. The fourth-order valence-electron chi connectivity index (χ4n) is 2.56. The van der Waals surface area contributed by atoms with Crippen molar-refractivity contribution in [1.82, 2.24) is 19.7 Å². The summed E-state index contributed by atoms with van der Waals surface area (Å²) in [5, 5.41) is 9.18. The summed E-state index contributed by atoms with van der Waals surface area (Å²) in [6, 6.07) is 9.82. The van der Waals surface area contributed by atoms with E-state index in [0.717, 1.165) is 15.6 Å². The van der Waals surface area contributed by atoms with Crippen molar-refractivity contribution in [2.45, 2.75) is 10.0 Å². The van der Waals surface area contributed by atoms with E-state index >= 15 is 0 Å². The predicted molar refractivity (Wildman–Crippen MR) is 125 cm³/mol. The molecule has 2 aromatic rings. The number of hydrogen-bond acceptors (Lipinski definition) is 7. The van der Waals surface area contributed by atoms with Gasteiger partial charge in [0.15, 0.2) is 0 Å². The van der Waals surface area contributed by atoms with Crippen LogP contribution in [0.15, 0.2) is 59.0 Å². The van der Waals surface area contributed by atoms with Gasteiger partial charge in [-0.15, -0.1) is 0 Å². The number of imide groups is 1. The number of nitrogens with zero attached hydrogens (tertiary/aromatic N) is 5. The zero-order valence-electron chi connectivity index (χ0n) is 16.4. The lowest BCUT2D eigenvalue weighted by Gasteiger charge is -2.20. The Morgan fingerprint density at radius 1 is 1.09 bits per heavy atom. The number of alkyl halides is 3. The summed E-state index contributed by atoms with van der Waals surface area (Å²) in [7, 11) is 0. The van der Waals surface area contributed by atoms with Gasteiger partial charge < -0.3 is 0 Å². The van der Waals surface area contributed by atoms with Crippen molar-refractivity contribution in [3.8, 4) is 0 Å². The highest BCUT2D eigenvalue weighted by molar-refractivity contribution is 8.03. The van der Waals surface area contributed by atoms with Crippen LogP contribution in [-0.2, 0) is 0 Å². The fraction of sp³-hybridized carbons (Fsp3) is 0.158. The van der Waals surface area contributed by atoms with E-state index in [-0.39, 0.29) is 6.03 Å². The van der Waals surface area contributed by atoms with Crippen LogP contribution in [0.2, 0.25) is 0 Å². The minimum atomic E-state index is -1.74. The summed E-state index contributed by atoms with van der Waals surface area (Å²) in [6.45, 7) is 2.23. The van der Waals surface area contributed by atoms with Crippen LogP contribution >= 0.6 is 46.8 Å². The van der Waals surface area contributed by atoms with Crippen molar-refractivity contribution in [3.63, 3.8) is 0 Å². The second-order valence-corrected chi connectivity index (χ2v) is 10.5. The molecule has 1 N–H and O–H groups in total. The normalized spacial score (nSPS) is 15.9. The number of carbonyl (C=O) groups is 3. The van der Waals surface area contributed by atoms with E-state index < -0.39 is 14.9 Å². The van der Waals surface area contributed by atoms with Crippen LogP contribution in [0.25, 0.3) is 0 Å². The second-order valence-electron chi connectivity index (χ2n) is 6.34. The molecule has 9 nitrogen and oxygen atoms in total. The molecule has 166 valence electrons. The molecule has 1 aromatic carbocycles. The van der Waals surface area contributed by atoms with E-state index in [1.54, 1.807) is 42.9 Å². The third-order valence-corrected chi connectivity index (χ3v) is 5.28. The van der Waals surface area contributed by atoms with Crippen LogP contribution in [0.1, 0.15) is 33.2 Å². The highest BCUT2D eigenvalue weighted by Crippen LogP contribution is 2.43. The molecule has 3 heterocycles. The van der Waals surface area contributed by atoms with Crippen molar-refractivity contribution >= 4 is 76.5 Å². The van der Waals surface area contributed by atoms with Crippen LogP contribution < -0.4 is 5.43 Å². The van der Waals surface area contributed by atoms with Crippen molar-refractivity contribution < 1.29 is 14.4 Å². The molecule has 0 bridgehead atoms. The largest absolute Gasteiger partial charge is 0.358 e. The fourth-order valence-corrected chi connectivity index (χ4v) is 3.75. The van der Waals surface area contributed by atoms with Gasteiger partial charge in [0.05, 0.1) is 29.6 Å². The quantitative estimate of drug-likeness (QED) is 0.288. The number of benzene rings is 1. The minimum Gasteiger partial charge on any atom is -0.268 e. The van der Waals surface area contributed by atoms with Gasteiger partial charge in [-0.2, -0.15) is 10.2 Å². The van der Waals surface area contributed by atoms with E-state index in [4.69, 9.17) is 34.8 Å². The zero-order chi connectivity index (χ0) is 23.3. The number of aromatic nitrogens is 1. The monoisotopic (exact) mass is 512 g/mol. The smallest absolute Gasteiger partial charge is 0.268 e. The van der Waals surface area contributed by atoms with E-state index in [1.807, 2.05) is 19.1 Å². The number of hydrogen-bond donors (Lipinski definition) is 1. The molecule has 1 aromatic heterocycles. The Labute approximate surface area is 202 Å². The number of hydrazone groups is 2. The van der Waals surface area contributed by atoms with Crippen LogP contribution in [-0.4, -0.2) is 53.7 Å². The van der Waals surface area contributed by atoms with Gasteiger partial charge in [0, 0.05) is 29.9 Å². The van der Waals surface area contributed by atoms with Crippen LogP contribution in [0.5, 0.6) is 0 Å². The molecular weight excluding hydrogens is 499 g/mol. The summed E-state index contributed by atoms with van der Waals surface area (Å²) in [4.78, 5) is 38.9.